The van der Waals surface area contributed by atoms with Gasteiger partial charge in [-0.15, -0.1) is 11.3 Å². The van der Waals surface area contributed by atoms with E-state index in [9.17, 15) is 13.2 Å². The average Bonchev–Trinajstić information content (AvgIpc) is 2.85. The number of aliphatic hydroxyl groups excluding tert-OH is 1. The zero-order valence-corrected chi connectivity index (χ0v) is 8.77. The van der Waals surface area contributed by atoms with E-state index >= 15 is 0 Å². The maximum atomic E-state index is 12.2. The molecule has 0 aliphatic carbocycles. The van der Waals surface area contributed by atoms with Crippen molar-refractivity contribution in [2.24, 2.45) is 0 Å². The van der Waals surface area contributed by atoms with Crippen molar-refractivity contribution in [3.8, 4) is 10.6 Å². The standard InChI is InChI=1S/C10H8F3NOS/c11-10(12,13)9(15)7-4-3-6(14-7)8-2-1-5-16-8/h1-5,9,14-15H. The number of rotatable bonds is 2. The van der Waals surface area contributed by atoms with Gasteiger partial charge in [-0.3, -0.25) is 0 Å². The highest BCUT2D eigenvalue weighted by atomic mass is 32.1. The van der Waals surface area contributed by atoms with Crippen molar-refractivity contribution in [3.05, 3.63) is 35.3 Å². The number of nitrogens with one attached hydrogen (secondary N) is 1. The molecule has 0 amide bonds. The number of halogens is 3. The van der Waals surface area contributed by atoms with Crippen molar-refractivity contribution in [2.75, 3.05) is 0 Å². The smallest absolute Gasteiger partial charge is 0.378 e. The highest BCUT2D eigenvalue weighted by Crippen LogP contribution is 2.33. The van der Waals surface area contributed by atoms with Crippen LogP contribution in [0.2, 0.25) is 0 Å². The van der Waals surface area contributed by atoms with Crippen molar-refractivity contribution < 1.29 is 18.3 Å². The van der Waals surface area contributed by atoms with E-state index < -0.39 is 12.3 Å². The molecule has 0 radical (unpaired) electrons. The van der Waals surface area contributed by atoms with Gasteiger partial charge in [0.25, 0.3) is 0 Å². The molecule has 1 unspecified atom stereocenters. The van der Waals surface area contributed by atoms with E-state index in [0.29, 0.717) is 5.69 Å². The maximum absolute atomic E-state index is 12.2. The highest BCUT2D eigenvalue weighted by molar-refractivity contribution is 7.13. The Kier molecular flexibility index (Phi) is 2.77. The lowest BCUT2D eigenvalue weighted by molar-refractivity contribution is -0.207. The summed E-state index contributed by atoms with van der Waals surface area (Å²) in [6.45, 7) is 0. The van der Waals surface area contributed by atoms with Gasteiger partial charge in [-0.05, 0) is 23.6 Å². The van der Waals surface area contributed by atoms with Gasteiger partial charge in [0.15, 0.2) is 6.10 Å². The fourth-order valence-electron chi connectivity index (χ4n) is 1.32. The second-order valence-electron chi connectivity index (χ2n) is 3.25. The first-order valence-electron chi connectivity index (χ1n) is 4.46. The van der Waals surface area contributed by atoms with Crippen LogP contribution in [0.15, 0.2) is 29.6 Å². The van der Waals surface area contributed by atoms with Crippen LogP contribution in [-0.2, 0) is 0 Å². The summed E-state index contributed by atoms with van der Waals surface area (Å²) in [7, 11) is 0. The molecule has 2 N–H and O–H groups in total. The van der Waals surface area contributed by atoms with Crippen molar-refractivity contribution in [1.29, 1.82) is 0 Å². The van der Waals surface area contributed by atoms with Crippen LogP contribution >= 0.6 is 11.3 Å². The Morgan fingerprint density at radius 3 is 2.56 bits per heavy atom. The third-order valence-electron chi connectivity index (χ3n) is 2.10. The number of hydrogen-bond donors (Lipinski definition) is 2. The molecule has 6 heteroatoms. The molecular weight excluding hydrogens is 239 g/mol. The summed E-state index contributed by atoms with van der Waals surface area (Å²) in [5.74, 6) is 0. The minimum absolute atomic E-state index is 0.240. The zero-order chi connectivity index (χ0) is 11.8. The predicted octanol–water partition coefficient (Wildman–Crippen LogP) is 3.34. The molecule has 0 saturated heterocycles. The van der Waals surface area contributed by atoms with Crippen LogP contribution in [-0.4, -0.2) is 16.3 Å². The highest BCUT2D eigenvalue weighted by Gasteiger charge is 2.40. The summed E-state index contributed by atoms with van der Waals surface area (Å²) in [5, 5.41) is 10.8. The zero-order valence-electron chi connectivity index (χ0n) is 7.95. The second kappa shape index (κ2) is 3.95. The van der Waals surface area contributed by atoms with Crippen molar-refractivity contribution in [3.63, 3.8) is 0 Å². The molecule has 1 atom stereocenters. The molecule has 16 heavy (non-hydrogen) atoms. The quantitative estimate of drug-likeness (QED) is 0.838. The third-order valence-corrected chi connectivity index (χ3v) is 3.00. The van der Waals surface area contributed by atoms with E-state index in [0.717, 1.165) is 4.88 Å². The fourth-order valence-corrected chi connectivity index (χ4v) is 2.03. The fraction of sp³-hybridized carbons (Fsp3) is 0.200. The lowest BCUT2D eigenvalue weighted by Gasteiger charge is -2.12. The van der Waals surface area contributed by atoms with Crippen molar-refractivity contribution in [2.45, 2.75) is 12.3 Å². The van der Waals surface area contributed by atoms with Gasteiger partial charge in [0.2, 0.25) is 0 Å². The minimum atomic E-state index is -4.64. The molecule has 0 fully saturated rings. The van der Waals surface area contributed by atoms with Crippen LogP contribution in [0.25, 0.3) is 10.6 Å². The molecule has 2 rings (SSSR count). The van der Waals surface area contributed by atoms with Gasteiger partial charge >= 0.3 is 6.18 Å². The molecule has 0 bridgehead atoms. The summed E-state index contributed by atoms with van der Waals surface area (Å²) >= 11 is 1.41. The van der Waals surface area contributed by atoms with Crippen LogP contribution in [0.1, 0.15) is 11.8 Å². The number of aromatic nitrogens is 1. The van der Waals surface area contributed by atoms with E-state index in [1.807, 2.05) is 5.38 Å². The summed E-state index contributed by atoms with van der Waals surface area (Å²) in [6, 6.07) is 6.37. The SMILES string of the molecule is OC(c1ccc(-c2cccs2)[nH]1)C(F)(F)F. The average molecular weight is 247 g/mol. The molecule has 2 aromatic rings. The minimum Gasteiger partial charge on any atom is -0.378 e. The monoisotopic (exact) mass is 247 g/mol. The summed E-state index contributed by atoms with van der Waals surface area (Å²) in [6.07, 6.45) is -7.10. The Bertz CT molecular complexity index is 461. The summed E-state index contributed by atoms with van der Waals surface area (Å²) < 4.78 is 36.7. The molecule has 86 valence electrons. The predicted molar refractivity (Wildman–Crippen MR) is 55.1 cm³/mol. The van der Waals surface area contributed by atoms with Crippen molar-refractivity contribution >= 4 is 11.3 Å². The van der Waals surface area contributed by atoms with E-state index in [-0.39, 0.29) is 5.69 Å². The Hall–Kier alpha value is -1.27. The first-order chi connectivity index (χ1) is 7.48. The number of alkyl halides is 3. The number of aromatic amines is 1. The molecule has 0 spiro atoms. The Morgan fingerprint density at radius 2 is 2.00 bits per heavy atom. The van der Waals surface area contributed by atoms with Gasteiger partial charge in [-0.1, -0.05) is 6.07 Å². The summed E-state index contributed by atoms with van der Waals surface area (Å²) in [5.41, 5.74) is 0.337. The van der Waals surface area contributed by atoms with Crippen LogP contribution in [0, 0.1) is 0 Å². The Morgan fingerprint density at radius 1 is 1.25 bits per heavy atom. The van der Waals surface area contributed by atoms with Crippen LogP contribution < -0.4 is 0 Å². The lowest BCUT2D eigenvalue weighted by Crippen LogP contribution is -2.20. The van der Waals surface area contributed by atoms with E-state index in [1.165, 1.54) is 23.5 Å². The number of thiophene rings is 1. The molecule has 2 heterocycles. The number of hydrogen-bond acceptors (Lipinski definition) is 2. The summed E-state index contributed by atoms with van der Waals surface area (Å²) in [4.78, 5) is 3.40. The Labute approximate surface area is 93.4 Å². The largest absolute Gasteiger partial charge is 0.420 e. The topological polar surface area (TPSA) is 36.0 Å². The van der Waals surface area contributed by atoms with E-state index in [4.69, 9.17) is 5.11 Å². The van der Waals surface area contributed by atoms with Gasteiger partial charge in [0.05, 0.1) is 16.3 Å². The molecule has 2 nitrogen and oxygen atoms in total. The lowest BCUT2D eigenvalue weighted by atomic mass is 10.2. The van der Waals surface area contributed by atoms with Gasteiger partial charge in [0, 0.05) is 0 Å². The van der Waals surface area contributed by atoms with Crippen LogP contribution in [0.4, 0.5) is 13.2 Å². The van der Waals surface area contributed by atoms with Crippen molar-refractivity contribution in [1.82, 2.24) is 4.98 Å². The number of aliphatic hydroxyl groups is 1. The maximum Gasteiger partial charge on any atom is 0.420 e. The molecule has 0 saturated carbocycles. The normalized spacial score (nSPS) is 14.0. The molecule has 0 aliphatic heterocycles. The van der Waals surface area contributed by atoms with Crippen LogP contribution in [0.3, 0.4) is 0 Å². The van der Waals surface area contributed by atoms with Gasteiger partial charge < -0.3 is 10.1 Å². The second-order valence-corrected chi connectivity index (χ2v) is 4.20. The Balaban J connectivity index is 2.27. The van der Waals surface area contributed by atoms with Gasteiger partial charge in [-0.25, -0.2) is 0 Å². The molecule has 0 aromatic carbocycles. The van der Waals surface area contributed by atoms with Gasteiger partial charge in [-0.2, -0.15) is 13.2 Å². The van der Waals surface area contributed by atoms with Crippen LogP contribution in [0.5, 0.6) is 0 Å². The first kappa shape index (κ1) is 11.2. The molecule has 2 aromatic heterocycles. The molecular formula is C10H8F3NOS. The number of H-pyrrole nitrogens is 1. The molecule has 0 aliphatic rings. The van der Waals surface area contributed by atoms with E-state index in [1.54, 1.807) is 12.1 Å². The third kappa shape index (κ3) is 2.12. The van der Waals surface area contributed by atoms with Gasteiger partial charge in [0.1, 0.15) is 0 Å². The van der Waals surface area contributed by atoms with E-state index in [2.05, 4.69) is 4.98 Å². The first-order valence-corrected chi connectivity index (χ1v) is 5.34.